The Kier molecular flexibility index (Phi) is 8.61. The number of rotatable bonds is 4. The van der Waals surface area contributed by atoms with Gasteiger partial charge in [-0.25, -0.2) is 0 Å². The van der Waals surface area contributed by atoms with Crippen molar-refractivity contribution in [3.8, 4) is 0 Å². The number of nitrogens with one attached hydrogen (secondary N) is 4. The van der Waals surface area contributed by atoms with Crippen LogP contribution in [0.1, 0.15) is 18.8 Å². The molecule has 3 rings (SSSR count). The summed E-state index contributed by atoms with van der Waals surface area (Å²) >= 11 is 0. The van der Waals surface area contributed by atoms with Crippen LogP contribution in [0.3, 0.4) is 0 Å². The topological polar surface area (TPSA) is 87.9 Å². The predicted molar refractivity (Wildman–Crippen MR) is 100 cm³/mol. The fraction of sp³-hybridized carbons (Fsp3) is 0.647. The van der Waals surface area contributed by atoms with E-state index in [1.165, 1.54) is 11.4 Å². The molecule has 0 unspecified atom stereocenters. The van der Waals surface area contributed by atoms with Crippen LogP contribution in [0.15, 0.2) is 24.5 Å². The highest BCUT2D eigenvalue weighted by molar-refractivity contribution is 4.98. The van der Waals surface area contributed by atoms with Crippen molar-refractivity contribution in [2.24, 2.45) is 0 Å². The molecule has 0 aromatic carbocycles. The molecule has 0 amide bonds. The lowest BCUT2D eigenvalue weighted by Gasteiger charge is -2.26. The molecular weight excluding hydrogens is 316 g/mol. The van der Waals surface area contributed by atoms with E-state index in [0.717, 1.165) is 65.4 Å². The molecule has 1 aliphatic heterocycles. The number of hydrogen-bond acceptors (Lipinski definition) is 6. The van der Waals surface area contributed by atoms with Crippen LogP contribution < -0.4 is 10.6 Å². The Balaban J connectivity index is 0.00000225. The monoisotopic (exact) mass is 348 g/mol. The third-order valence-corrected chi connectivity index (χ3v) is 4.32. The summed E-state index contributed by atoms with van der Waals surface area (Å²) in [4.78, 5) is 4.91. The minimum absolute atomic E-state index is 0. The summed E-state index contributed by atoms with van der Waals surface area (Å²) < 4.78 is 0. The van der Waals surface area contributed by atoms with Gasteiger partial charge in [0, 0.05) is 89.2 Å². The maximum Gasteiger partial charge on any atom is 0.0492 e. The van der Waals surface area contributed by atoms with Gasteiger partial charge in [-0.1, -0.05) is 7.43 Å². The summed E-state index contributed by atoms with van der Waals surface area (Å²) in [6.45, 7) is 10.0. The first-order chi connectivity index (χ1) is 11.9. The average Bonchev–Trinajstić information content (AvgIpc) is 3.25. The predicted octanol–water partition coefficient (Wildman–Crippen LogP) is 0.266. The standard InChI is InChI=1S/C16H28N8.CH4/c1-3-19-21-15(1)13-23-9-5-17-7-11-24(12-8-18-6-10-23)14-16-2-4-20-22-16;/h1-4,17-18H,5-14H2,(H,19,21)(H,20,22);1H4. The third kappa shape index (κ3) is 6.95. The van der Waals surface area contributed by atoms with Crippen LogP contribution in [-0.4, -0.2) is 82.6 Å². The van der Waals surface area contributed by atoms with Gasteiger partial charge in [0.15, 0.2) is 0 Å². The van der Waals surface area contributed by atoms with Crippen LogP contribution in [0.4, 0.5) is 0 Å². The minimum atomic E-state index is 0. The van der Waals surface area contributed by atoms with Crippen molar-refractivity contribution >= 4 is 0 Å². The normalized spacial score (nSPS) is 18.9. The molecule has 1 saturated heterocycles. The first-order valence-electron chi connectivity index (χ1n) is 8.73. The van der Waals surface area contributed by atoms with Crippen molar-refractivity contribution in [2.45, 2.75) is 20.5 Å². The number of aromatic nitrogens is 4. The van der Waals surface area contributed by atoms with Gasteiger partial charge in [0.25, 0.3) is 0 Å². The van der Waals surface area contributed by atoms with E-state index in [-0.39, 0.29) is 7.43 Å². The zero-order valence-electron chi connectivity index (χ0n) is 14.2. The molecule has 0 bridgehead atoms. The van der Waals surface area contributed by atoms with Crippen LogP contribution in [0.2, 0.25) is 0 Å². The number of aromatic amines is 2. The molecule has 8 nitrogen and oxygen atoms in total. The van der Waals surface area contributed by atoms with E-state index in [0.29, 0.717) is 0 Å². The Bertz CT molecular complexity index is 477. The van der Waals surface area contributed by atoms with E-state index in [1.54, 1.807) is 0 Å². The van der Waals surface area contributed by atoms with Crippen LogP contribution in [0.5, 0.6) is 0 Å². The second-order valence-electron chi connectivity index (χ2n) is 6.22. The molecule has 0 atom stereocenters. The van der Waals surface area contributed by atoms with Crippen molar-refractivity contribution in [1.29, 1.82) is 0 Å². The molecule has 8 heteroatoms. The van der Waals surface area contributed by atoms with Crippen LogP contribution in [-0.2, 0) is 13.1 Å². The van der Waals surface area contributed by atoms with Crippen LogP contribution in [0.25, 0.3) is 0 Å². The SMILES string of the molecule is C.c1cc(CN2CCNCCN(Cc3ccn[nH]3)CCNCC2)[nH]n1. The van der Waals surface area contributed by atoms with Crippen molar-refractivity contribution in [2.75, 3.05) is 52.4 Å². The Hall–Kier alpha value is -1.74. The van der Waals surface area contributed by atoms with Gasteiger partial charge in [-0.3, -0.25) is 20.0 Å². The Labute approximate surface area is 150 Å². The van der Waals surface area contributed by atoms with E-state index < -0.39 is 0 Å². The summed E-state index contributed by atoms with van der Waals surface area (Å²) in [5, 5.41) is 21.3. The lowest BCUT2D eigenvalue weighted by atomic mass is 10.3. The molecule has 0 saturated carbocycles. The fourth-order valence-electron chi connectivity index (χ4n) is 2.97. The second-order valence-corrected chi connectivity index (χ2v) is 6.22. The molecule has 4 N–H and O–H groups in total. The first kappa shape index (κ1) is 19.6. The van der Waals surface area contributed by atoms with Gasteiger partial charge in [-0.2, -0.15) is 10.2 Å². The highest BCUT2D eigenvalue weighted by Gasteiger charge is 2.10. The van der Waals surface area contributed by atoms with Gasteiger partial charge < -0.3 is 10.6 Å². The zero-order valence-corrected chi connectivity index (χ0v) is 14.2. The smallest absolute Gasteiger partial charge is 0.0492 e. The zero-order chi connectivity index (χ0) is 16.5. The molecule has 1 aliphatic rings. The number of nitrogens with zero attached hydrogens (tertiary/aromatic N) is 4. The van der Waals surface area contributed by atoms with Crippen LogP contribution in [0, 0.1) is 0 Å². The summed E-state index contributed by atoms with van der Waals surface area (Å²) in [7, 11) is 0. The van der Waals surface area contributed by atoms with Crippen molar-refractivity contribution in [1.82, 2.24) is 40.8 Å². The molecule has 2 aromatic heterocycles. The molecule has 0 aliphatic carbocycles. The highest BCUT2D eigenvalue weighted by Crippen LogP contribution is 2.01. The third-order valence-electron chi connectivity index (χ3n) is 4.32. The van der Waals surface area contributed by atoms with E-state index >= 15 is 0 Å². The fourth-order valence-corrected chi connectivity index (χ4v) is 2.97. The van der Waals surface area contributed by atoms with Gasteiger partial charge >= 0.3 is 0 Å². The molecule has 3 heterocycles. The van der Waals surface area contributed by atoms with E-state index in [2.05, 4.69) is 40.8 Å². The van der Waals surface area contributed by atoms with Crippen molar-refractivity contribution in [3.63, 3.8) is 0 Å². The maximum atomic E-state index is 4.03. The molecule has 140 valence electrons. The van der Waals surface area contributed by atoms with Gasteiger partial charge in [-0.05, 0) is 12.1 Å². The molecule has 0 radical (unpaired) electrons. The number of hydrogen-bond donors (Lipinski definition) is 4. The van der Waals surface area contributed by atoms with Crippen molar-refractivity contribution in [3.05, 3.63) is 35.9 Å². The van der Waals surface area contributed by atoms with Gasteiger partial charge in [0.05, 0.1) is 0 Å². The van der Waals surface area contributed by atoms with Crippen LogP contribution >= 0.6 is 0 Å². The number of H-pyrrole nitrogens is 2. The minimum Gasteiger partial charge on any atom is -0.314 e. The summed E-state index contributed by atoms with van der Waals surface area (Å²) in [5.74, 6) is 0. The van der Waals surface area contributed by atoms with Gasteiger partial charge in [0.2, 0.25) is 0 Å². The molecule has 25 heavy (non-hydrogen) atoms. The lowest BCUT2D eigenvalue weighted by Crippen LogP contribution is -2.42. The molecule has 1 fully saturated rings. The first-order valence-corrected chi connectivity index (χ1v) is 8.73. The van der Waals surface area contributed by atoms with E-state index in [4.69, 9.17) is 0 Å². The van der Waals surface area contributed by atoms with E-state index in [9.17, 15) is 0 Å². The average molecular weight is 348 g/mol. The molecular formula is C17H32N8. The van der Waals surface area contributed by atoms with Gasteiger partial charge in [-0.15, -0.1) is 0 Å². The largest absolute Gasteiger partial charge is 0.314 e. The Morgan fingerprint density at radius 3 is 1.44 bits per heavy atom. The summed E-state index contributed by atoms with van der Waals surface area (Å²) in [6.07, 6.45) is 3.63. The Morgan fingerprint density at radius 1 is 0.720 bits per heavy atom. The lowest BCUT2D eigenvalue weighted by molar-refractivity contribution is 0.230. The van der Waals surface area contributed by atoms with Crippen molar-refractivity contribution < 1.29 is 0 Å². The Morgan fingerprint density at radius 2 is 1.12 bits per heavy atom. The molecule has 2 aromatic rings. The van der Waals surface area contributed by atoms with Gasteiger partial charge in [0.1, 0.15) is 0 Å². The quantitative estimate of drug-likeness (QED) is 0.634. The summed E-state index contributed by atoms with van der Waals surface area (Å²) in [5.41, 5.74) is 2.35. The molecule has 0 spiro atoms. The second kappa shape index (κ2) is 11.0. The highest BCUT2D eigenvalue weighted by atomic mass is 15.2. The maximum absolute atomic E-state index is 4.03. The summed E-state index contributed by atoms with van der Waals surface area (Å²) in [6, 6.07) is 4.09. The van der Waals surface area contributed by atoms with E-state index in [1.807, 2.05) is 24.5 Å².